The van der Waals surface area contributed by atoms with Gasteiger partial charge in [0.05, 0.1) is 30.7 Å². The van der Waals surface area contributed by atoms with E-state index in [1.54, 1.807) is 30.1 Å². The van der Waals surface area contributed by atoms with Gasteiger partial charge >= 0.3 is 0 Å². The maximum absolute atomic E-state index is 13.4. The maximum atomic E-state index is 13.4. The van der Waals surface area contributed by atoms with Crippen LogP contribution in [0.2, 0.25) is 0 Å². The number of sulfonamides is 2. The van der Waals surface area contributed by atoms with Crippen molar-refractivity contribution in [2.24, 2.45) is 0 Å². The van der Waals surface area contributed by atoms with E-state index in [0.717, 1.165) is 44.0 Å². The van der Waals surface area contributed by atoms with E-state index in [1.165, 1.54) is 6.07 Å². The van der Waals surface area contributed by atoms with Crippen LogP contribution >= 0.6 is 0 Å². The molecule has 0 aliphatic carbocycles. The molecule has 0 N–H and O–H groups in total. The van der Waals surface area contributed by atoms with Crippen molar-refractivity contribution in [3.8, 4) is 0 Å². The van der Waals surface area contributed by atoms with E-state index >= 15 is 0 Å². The van der Waals surface area contributed by atoms with Gasteiger partial charge in [0.15, 0.2) is 0 Å². The molecule has 0 unspecified atom stereocenters. The Morgan fingerprint density at radius 3 is 2.03 bits per heavy atom. The molecule has 1 fully saturated rings. The summed E-state index contributed by atoms with van der Waals surface area (Å²) in [5, 5.41) is 0. The molecule has 10 heteroatoms. The highest BCUT2D eigenvalue weighted by Crippen LogP contribution is 2.28. The molecule has 1 heterocycles. The van der Waals surface area contributed by atoms with Crippen molar-refractivity contribution in [3.63, 3.8) is 0 Å². The van der Waals surface area contributed by atoms with Crippen LogP contribution in [0.1, 0.15) is 30.0 Å². The van der Waals surface area contributed by atoms with Gasteiger partial charge in [-0.25, -0.2) is 16.8 Å². The summed E-state index contributed by atoms with van der Waals surface area (Å²) in [4.78, 5) is 17.4. The molecule has 0 saturated carbocycles. The molecule has 8 nitrogen and oxygen atoms in total. The molecular formula is C23H31N3O5S2. The van der Waals surface area contributed by atoms with E-state index in [2.05, 4.69) is 4.90 Å². The Bertz CT molecular complexity index is 1150. The quantitative estimate of drug-likeness (QED) is 0.532. The van der Waals surface area contributed by atoms with Crippen molar-refractivity contribution < 1.29 is 21.6 Å². The molecular weight excluding hydrogens is 462 g/mol. The maximum Gasteiger partial charge on any atom is 0.245 e. The zero-order chi connectivity index (χ0) is 24.2. The first-order valence-corrected chi connectivity index (χ1v) is 14.5. The number of benzene rings is 2. The summed E-state index contributed by atoms with van der Waals surface area (Å²) in [5.41, 5.74) is 1.32. The molecule has 1 amide bonds. The van der Waals surface area contributed by atoms with Crippen molar-refractivity contribution >= 4 is 31.6 Å². The van der Waals surface area contributed by atoms with Gasteiger partial charge in [0.25, 0.3) is 0 Å². The average molecular weight is 494 g/mol. The van der Waals surface area contributed by atoms with Gasteiger partial charge in [-0.05, 0) is 43.1 Å². The number of hydrogen-bond acceptors (Lipinski definition) is 6. The molecule has 0 aromatic heterocycles. The zero-order valence-electron chi connectivity index (χ0n) is 19.2. The van der Waals surface area contributed by atoms with Crippen LogP contribution in [0, 0.1) is 0 Å². The topological polar surface area (TPSA) is 95.1 Å². The van der Waals surface area contributed by atoms with E-state index in [4.69, 9.17) is 0 Å². The summed E-state index contributed by atoms with van der Waals surface area (Å²) in [7, 11) is -6.49. The lowest BCUT2D eigenvalue weighted by Gasteiger charge is -2.32. The average Bonchev–Trinajstić information content (AvgIpc) is 3.25. The highest BCUT2D eigenvalue weighted by atomic mass is 32.3. The second-order valence-corrected chi connectivity index (χ2v) is 12.4. The van der Waals surface area contributed by atoms with Crippen LogP contribution < -0.4 is 3.71 Å². The monoisotopic (exact) mass is 493 g/mol. The predicted octanol–water partition coefficient (Wildman–Crippen LogP) is 2.25. The van der Waals surface area contributed by atoms with E-state index in [0.29, 0.717) is 15.8 Å². The fourth-order valence-corrected chi connectivity index (χ4v) is 7.28. The molecule has 3 rings (SSSR count). The third kappa shape index (κ3) is 6.33. The van der Waals surface area contributed by atoms with Gasteiger partial charge in [-0.3, -0.25) is 4.79 Å². The molecule has 180 valence electrons. The lowest BCUT2D eigenvalue weighted by molar-refractivity contribution is -0.131. The summed E-state index contributed by atoms with van der Waals surface area (Å²) < 4.78 is 49.5. The summed E-state index contributed by atoms with van der Waals surface area (Å²) in [6.45, 7) is 2.68. The Morgan fingerprint density at radius 2 is 1.45 bits per heavy atom. The Hall–Kier alpha value is -2.43. The number of amides is 1. The summed E-state index contributed by atoms with van der Waals surface area (Å²) >= 11 is 0. The van der Waals surface area contributed by atoms with E-state index < -0.39 is 20.0 Å². The van der Waals surface area contributed by atoms with Crippen molar-refractivity contribution in [1.29, 1.82) is 0 Å². The number of anilines is 1. The number of likely N-dealkylation sites (tertiary alicyclic amines) is 1. The molecule has 0 bridgehead atoms. The normalized spacial score (nSPS) is 15.8. The highest BCUT2D eigenvalue weighted by molar-refractivity contribution is 8.09. The Kier molecular flexibility index (Phi) is 7.81. The zero-order valence-corrected chi connectivity index (χ0v) is 20.8. The molecule has 2 aromatic carbocycles. The first kappa shape index (κ1) is 25.2. The van der Waals surface area contributed by atoms with Crippen LogP contribution in [-0.2, 0) is 31.3 Å². The van der Waals surface area contributed by atoms with Crippen molar-refractivity contribution in [1.82, 2.24) is 9.80 Å². The molecule has 1 atom stereocenters. The molecule has 1 saturated heterocycles. The standard InChI is InChI=1S/C23H31N3O5S2/c1-24(22(18-25-15-9-10-16-25)19-11-5-4-6-12-19)23(27)17-20-13-7-8-14-21(20)26(32(2,28)29)33(3,30)31/h4-8,11-14,22H,9-10,15-18H2,1-3H3/t22-/m1/s1. The number of carbonyl (C=O) groups is 1. The number of para-hydroxylation sites is 1. The fraction of sp³-hybridized carbons (Fsp3) is 0.435. The first-order valence-electron chi connectivity index (χ1n) is 10.8. The minimum absolute atomic E-state index is 0.0277. The molecule has 33 heavy (non-hydrogen) atoms. The number of carbonyl (C=O) groups excluding carboxylic acids is 1. The van der Waals surface area contributed by atoms with E-state index in [1.807, 2.05) is 30.3 Å². The van der Waals surface area contributed by atoms with Gasteiger partial charge in [-0.15, -0.1) is 0 Å². The summed E-state index contributed by atoms with van der Waals surface area (Å²) in [6.07, 6.45) is 3.82. The van der Waals surface area contributed by atoms with Crippen molar-refractivity contribution in [2.75, 3.05) is 42.9 Å². The minimum Gasteiger partial charge on any atom is -0.337 e. The van der Waals surface area contributed by atoms with Crippen molar-refractivity contribution in [3.05, 3.63) is 65.7 Å². The molecule has 0 spiro atoms. The van der Waals surface area contributed by atoms with Gasteiger partial charge in [0.2, 0.25) is 26.0 Å². The van der Waals surface area contributed by atoms with Crippen LogP contribution in [-0.4, -0.2) is 71.7 Å². The smallest absolute Gasteiger partial charge is 0.245 e. The third-order valence-electron chi connectivity index (χ3n) is 5.81. The molecule has 2 aromatic rings. The summed E-state index contributed by atoms with van der Waals surface area (Å²) in [6, 6.07) is 15.8. The Labute approximate surface area is 196 Å². The van der Waals surface area contributed by atoms with Crippen LogP contribution in [0.5, 0.6) is 0 Å². The van der Waals surface area contributed by atoms with Crippen LogP contribution in [0.25, 0.3) is 0 Å². The first-order chi connectivity index (χ1) is 15.5. The van der Waals surface area contributed by atoms with Gasteiger partial charge in [-0.1, -0.05) is 48.5 Å². The van der Waals surface area contributed by atoms with E-state index in [9.17, 15) is 21.6 Å². The lowest BCUT2D eigenvalue weighted by Crippen LogP contribution is -2.40. The second kappa shape index (κ2) is 10.2. The van der Waals surface area contributed by atoms with Gasteiger partial charge in [-0.2, -0.15) is 3.71 Å². The van der Waals surface area contributed by atoms with Crippen LogP contribution in [0.4, 0.5) is 5.69 Å². The number of nitrogens with zero attached hydrogens (tertiary/aromatic N) is 3. The lowest BCUT2D eigenvalue weighted by atomic mass is 10.0. The van der Waals surface area contributed by atoms with Crippen molar-refractivity contribution in [2.45, 2.75) is 25.3 Å². The molecule has 1 aliphatic heterocycles. The largest absolute Gasteiger partial charge is 0.337 e. The Balaban J connectivity index is 1.91. The predicted molar refractivity (Wildman–Crippen MR) is 130 cm³/mol. The van der Waals surface area contributed by atoms with Gasteiger partial charge in [0, 0.05) is 13.6 Å². The number of likely N-dealkylation sites (N-methyl/N-ethyl adjacent to an activating group) is 1. The van der Waals surface area contributed by atoms with E-state index in [-0.39, 0.29) is 24.1 Å². The Morgan fingerprint density at radius 1 is 0.909 bits per heavy atom. The SMILES string of the molecule is CN(C(=O)Cc1ccccc1N(S(C)(=O)=O)S(C)(=O)=O)[C@H](CN1CCCC1)c1ccccc1. The minimum atomic E-state index is -4.12. The fourth-order valence-electron chi connectivity index (χ4n) is 4.24. The molecule has 1 aliphatic rings. The van der Waals surface area contributed by atoms with Crippen LogP contribution in [0.3, 0.4) is 0 Å². The molecule has 0 radical (unpaired) electrons. The third-order valence-corrected chi connectivity index (χ3v) is 9.03. The summed E-state index contributed by atoms with van der Waals surface area (Å²) in [5.74, 6) is -0.225. The number of rotatable bonds is 9. The second-order valence-electron chi connectivity index (χ2n) is 8.47. The number of hydrogen-bond donors (Lipinski definition) is 0. The van der Waals surface area contributed by atoms with Gasteiger partial charge in [0.1, 0.15) is 0 Å². The van der Waals surface area contributed by atoms with Crippen LogP contribution in [0.15, 0.2) is 54.6 Å². The highest BCUT2D eigenvalue weighted by Gasteiger charge is 2.31. The van der Waals surface area contributed by atoms with Gasteiger partial charge < -0.3 is 9.80 Å².